The van der Waals surface area contributed by atoms with E-state index in [2.05, 4.69) is 23.2 Å². The van der Waals surface area contributed by atoms with Gasteiger partial charge in [0.1, 0.15) is 0 Å². The predicted molar refractivity (Wildman–Crippen MR) is 132 cm³/mol. The standard InChI is InChI=1S/C27H22Cl2N2O2/c28-16-11-12-20(22(29)14-16)25-24(21-9-3-4-10-23(21)30-25)26-18-7-1-2-8-19(18)27(32)31(26)15-17-6-5-13-33-17/h1-4,7-12,14,17,26,30H,5-6,13,15H2/t17-,26-/m1/s1. The summed E-state index contributed by atoms with van der Waals surface area (Å²) < 4.78 is 5.92. The van der Waals surface area contributed by atoms with E-state index in [0.29, 0.717) is 16.6 Å². The molecule has 1 saturated heterocycles. The Bertz CT molecular complexity index is 1370. The highest BCUT2D eigenvalue weighted by Gasteiger charge is 2.41. The summed E-state index contributed by atoms with van der Waals surface area (Å²) in [6.45, 7) is 1.31. The molecule has 166 valence electrons. The Morgan fingerprint density at radius 2 is 1.82 bits per heavy atom. The Morgan fingerprint density at radius 1 is 1.00 bits per heavy atom. The number of benzene rings is 3. The lowest BCUT2D eigenvalue weighted by atomic mass is 9.93. The fourth-order valence-electron chi connectivity index (χ4n) is 5.23. The number of fused-ring (bicyclic) bond motifs is 2. The highest BCUT2D eigenvalue weighted by atomic mass is 35.5. The van der Waals surface area contributed by atoms with E-state index in [1.54, 1.807) is 6.07 Å². The predicted octanol–water partition coefficient (Wildman–Crippen LogP) is 6.87. The average molecular weight is 477 g/mol. The zero-order valence-corrected chi connectivity index (χ0v) is 19.4. The molecule has 0 aliphatic carbocycles. The summed E-state index contributed by atoms with van der Waals surface area (Å²) in [4.78, 5) is 19.2. The number of halogens is 2. The van der Waals surface area contributed by atoms with Crippen molar-refractivity contribution in [2.45, 2.75) is 25.0 Å². The smallest absolute Gasteiger partial charge is 0.255 e. The lowest BCUT2D eigenvalue weighted by Crippen LogP contribution is -2.35. The molecule has 6 heteroatoms. The number of aromatic nitrogens is 1. The molecule has 1 amide bonds. The molecule has 2 aliphatic heterocycles. The fraction of sp³-hybridized carbons (Fsp3) is 0.222. The molecular weight excluding hydrogens is 455 g/mol. The van der Waals surface area contributed by atoms with Crippen molar-refractivity contribution in [3.05, 3.63) is 93.5 Å². The average Bonchev–Trinajstić information content (AvgIpc) is 3.52. The minimum atomic E-state index is -0.240. The van der Waals surface area contributed by atoms with Crippen molar-refractivity contribution in [3.63, 3.8) is 0 Å². The number of para-hydroxylation sites is 1. The van der Waals surface area contributed by atoms with Crippen LogP contribution in [0.4, 0.5) is 0 Å². The van der Waals surface area contributed by atoms with Crippen molar-refractivity contribution in [3.8, 4) is 11.3 Å². The molecule has 0 saturated carbocycles. The van der Waals surface area contributed by atoms with Crippen LogP contribution in [0.5, 0.6) is 0 Å². The number of hydrogen-bond donors (Lipinski definition) is 1. The molecule has 3 aromatic carbocycles. The van der Waals surface area contributed by atoms with Crippen LogP contribution < -0.4 is 0 Å². The van der Waals surface area contributed by atoms with Gasteiger partial charge in [0, 0.05) is 45.8 Å². The number of nitrogens with zero attached hydrogens (tertiary/aromatic N) is 1. The lowest BCUT2D eigenvalue weighted by Gasteiger charge is -2.29. The molecule has 0 radical (unpaired) electrons. The number of ether oxygens (including phenoxy) is 1. The summed E-state index contributed by atoms with van der Waals surface area (Å²) in [7, 11) is 0. The second-order valence-corrected chi connectivity index (χ2v) is 9.51. The van der Waals surface area contributed by atoms with Gasteiger partial charge < -0.3 is 14.6 Å². The Labute approximate surface area is 202 Å². The van der Waals surface area contributed by atoms with Crippen molar-refractivity contribution in [1.82, 2.24) is 9.88 Å². The van der Waals surface area contributed by atoms with Crippen LogP contribution in [0.15, 0.2) is 66.7 Å². The van der Waals surface area contributed by atoms with Crippen LogP contribution in [-0.4, -0.2) is 35.0 Å². The normalized spacial score (nSPS) is 20.1. The van der Waals surface area contributed by atoms with Gasteiger partial charge in [-0.25, -0.2) is 0 Å². The Hall–Kier alpha value is -2.79. The highest BCUT2D eigenvalue weighted by molar-refractivity contribution is 6.36. The summed E-state index contributed by atoms with van der Waals surface area (Å²) in [6, 6.07) is 21.4. The van der Waals surface area contributed by atoms with Gasteiger partial charge in [-0.3, -0.25) is 4.79 Å². The number of aromatic amines is 1. The monoisotopic (exact) mass is 476 g/mol. The van der Waals surface area contributed by atoms with E-state index in [0.717, 1.165) is 58.3 Å². The van der Waals surface area contributed by atoms with Crippen LogP contribution in [0.1, 0.15) is 40.4 Å². The van der Waals surface area contributed by atoms with Crippen molar-refractivity contribution >= 4 is 40.0 Å². The van der Waals surface area contributed by atoms with E-state index in [4.69, 9.17) is 27.9 Å². The molecule has 1 N–H and O–H groups in total. The van der Waals surface area contributed by atoms with Gasteiger partial charge in [0.05, 0.1) is 22.9 Å². The topological polar surface area (TPSA) is 45.3 Å². The van der Waals surface area contributed by atoms with Crippen molar-refractivity contribution in [1.29, 1.82) is 0 Å². The zero-order valence-electron chi connectivity index (χ0n) is 17.9. The second kappa shape index (κ2) is 8.21. The van der Waals surface area contributed by atoms with Gasteiger partial charge in [-0.15, -0.1) is 0 Å². The van der Waals surface area contributed by atoms with E-state index in [9.17, 15) is 4.79 Å². The number of carbonyl (C=O) groups excluding carboxylic acids is 1. The highest BCUT2D eigenvalue weighted by Crippen LogP contribution is 2.47. The maximum Gasteiger partial charge on any atom is 0.255 e. The van der Waals surface area contributed by atoms with E-state index in [-0.39, 0.29) is 18.1 Å². The molecule has 2 atom stereocenters. The third-order valence-corrected chi connectivity index (χ3v) is 7.25. The first-order valence-electron chi connectivity index (χ1n) is 11.2. The first kappa shape index (κ1) is 20.8. The van der Waals surface area contributed by atoms with Gasteiger partial charge in [0.15, 0.2) is 0 Å². The van der Waals surface area contributed by atoms with Crippen molar-refractivity contribution in [2.75, 3.05) is 13.2 Å². The zero-order chi connectivity index (χ0) is 22.5. The molecule has 1 fully saturated rings. The molecule has 3 heterocycles. The maximum absolute atomic E-state index is 13.6. The summed E-state index contributed by atoms with van der Waals surface area (Å²) in [5.41, 5.74) is 5.58. The summed E-state index contributed by atoms with van der Waals surface area (Å²) in [6.07, 6.45) is 2.05. The molecule has 4 aromatic rings. The number of H-pyrrole nitrogens is 1. The molecule has 0 spiro atoms. The van der Waals surface area contributed by atoms with Crippen molar-refractivity contribution < 1.29 is 9.53 Å². The quantitative estimate of drug-likeness (QED) is 0.349. The minimum absolute atomic E-state index is 0.0459. The number of hydrogen-bond acceptors (Lipinski definition) is 2. The Balaban J connectivity index is 1.59. The molecule has 1 aromatic heterocycles. The Kier molecular flexibility index (Phi) is 5.17. The SMILES string of the molecule is O=C1c2ccccc2[C@H](c2c(-c3ccc(Cl)cc3Cl)[nH]c3ccccc23)N1C[C@H]1CCCO1. The molecule has 0 bridgehead atoms. The first-order valence-corrected chi connectivity index (χ1v) is 11.9. The lowest BCUT2D eigenvalue weighted by molar-refractivity contribution is 0.0501. The molecule has 33 heavy (non-hydrogen) atoms. The number of carbonyl (C=O) groups is 1. The van der Waals surface area contributed by atoms with Crippen LogP contribution in [-0.2, 0) is 4.74 Å². The summed E-state index contributed by atoms with van der Waals surface area (Å²) >= 11 is 12.9. The van der Waals surface area contributed by atoms with Crippen LogP contribution in [0.25, 0.3) is 22.2 Å². The number of rotatable bonds is 4. The maximum atomic E-state index is 13.6. The van der Waals surface area contributed by atoms with Crippen LogP contribution in [0.3, 0.4) is 0 Å². The Morgan fingerprint density at radius 3 is 2.64 bits per heavy atom. The van der Waals surface area contributed by atoms with Gasteiger partial charge in [0.25, 0.3) is 5.91 Å². The molecular formula is C27H22Cl2N2O2. The van der Waals surface area contributed by atoms with E-state index >= 15 is 0 Å². The largest absolute Gasteiger partial charge is 0.376 e. The van der Waals surface area contributed by atoms with Crippen LogP contribution >= 0.6 is 23.2 Å². The minimum Gasteiger partial charge on any atom is -0.376 e. The van der Waals surface area contributed by atoms with E-state index in [1.807, 2.05) is 47.4 Å². The summed E-state index contributed by atoms with van der Waals surface area (Å²) in [5.74, 6) is 0.0459. The molecule has 4 nitrogen and oxygen atoms in total. The van der Waals surface area contributed by atoms with E-state index < -0.39 is 0 Å². The summed E-state index contributed by atoms with van der Waals surface area (Å²) in [5, 5.41) is 2.23. The van der Waals surface area contributed by atoms with Gasteiger partial charge in [-0.1, -0.05) is 59.6 Å². The van der Waals surface area contributed by atoms with Crippen LogP contribution in [0, 0.1) is 0 Å². The first-order chi connectivity index (χ1) is 16.1. The van der Waals surface area contributed by atoms with Gasteiger partial charge >= 0.3 is 0 Å². The fourth-order valence-corrected chi connectivity index (χ4v) is 5.73. The van der Waals surface area contributed by atoms with Gasteiger partial charge in [0.2, 0.25) is 0 Å². The van der Waals surface area contributed by atoms with E-state index in [1.165, 1.54) is 0 Å². The number of nitrogens with one attached hydrogen (secondary N) is 1. The van der Waals surface area contributed by atoms with Crippen LogP contribution in [0.2, 0.25) is 10.0 Å². The molecule has 0 unspecified atom stereocenters. The molecule has 2 aliphatic rings. The molecule has 6 rings (SSSR count). The second-order valence-electron chi connectivity index (χ2n) is 8.67. The third kappa shape index (κ3) is 3.45. The van der Waals surface area contributed by atoms with Gasteiger partial charge in [-0.2, -0.15) is 0 Å². The number of amides is 1. The van der Waals surface area contributed by atoms with Gasteiger partial charge in [-0.05, 0) is 48.7 Å². The van der Waals surface area contributed by atoms with Crippen molar-refractivity contribution in [2.24, 2.45) is 0 Å². The third-order valence-electron chi connectivity index (χ3n) is 6.70.